The second-order valence-electron chi connectivity index (χ2n) is 4.58. The monoisotopic (exact) mass is 200 g/mol. The van der Waals surface area contributed by atoms with Crippen LogP contribution in [0.3, 0.4) is 0 Å². The van der Waals surface area contributed by atoms with Crippen LogP contribution in [0.2, 0.25) is 0 Å². The molecule has 3 unspecified atom stereocenters. The molecule has 2 nitrogen and oxygen atoms in total. The van der Waals surface area contributed by atoms with Gasteiger partial charge in [-0.3, -0.25) is 0 Å². The maximum absolute atomic E-state index is 3.29. The van der Waals surface area contributed by atoms with Crippen LogP contribution in [0.4, 0.5) is 0 Å². The molecule has 0 rings (SSSR count). The van der Waals surface area contributed by atoms with Crippen molar-refractivity contribution in [2.24, 2.45) is 0 Å². The van der Waals surface area contributed by atoms with Crippen molar-refractivity contribution in [1.29, 1.82) is 0 Å². The van der Waals surface area contributed by atoms with Crippen LogP contribution in [0.5, 0.6) is 0 Å². The van der Waals surface area contributed by atoms with E-state index in [2.05, 4.69) is 45.0 Å². The van der Waals surface area contributed by atoms with Crippen molar-refractivity contribution in [3.05, 3.63) is 0 Å². The molecule has 0 bridgehead atoms. The molecule has 2 heteroatoms. The maximum atomic E-state index is 3.29. The number of rotatable bonds is 7. The molecule has 3 atom stereocenters. The van der Waals surface area contributed by atoms with E-state index in [9.17, 15) is 0 Å². The summed E-state index contributed by atoms with van der Waals surface area (Å²) in [5, 5.41) is 3.29. The van der Waals surface area contributed by atoms with E-state index in [1.165, 1.54) is 19.3 Å². The summed E-state index contributed by atoms with van der Waals surface area (Å²) in [7, 11) is 4.28. The molecule has 0 aliphatic carbocycles. The predicted octanol–water partition coefficient (Wildman–Crippen LogP) is 2.49. The highest BCUT2D eigenvalue weighted by molar-refractivity contribution is 4.73. The highest BCUT2D eigenvalue weighted by Crippen LogP contribution is 2.11. The zero-order valence-electron chi connectivity index (χ0n) is 10.8. The average molecular weight is 200 g/mol. The molecule has 0 spiro atoms. The Morgan fingerprint density at radius 2 is 1.71 bits per heavy atom. The lowest BCUT2D eigenvalue weighted by Crippen LogP contribution is -2.40. The normalized spacial score (nSPS) is 18.2. The van der Waals surface area contributed by atoms with Gasteiger partial charge in [0, 0.05) is 18.1 Å². The Morgan fingerprint density at radius 3 is 2.14 bits per heavy atom. The van der Waals surface area contributed by atoms with Crippen LogP contribution >= 0.6 is 0 Å². The lowest BCUT2D eigenvalue weighted by molar-refractivity contribution is 0.170. The molecule has 0 aromatic heterocycles. The fourth-order valence-corrected chi connectivity index (χ4v) is 1.85. The number of nitrogens with one attached hydrogen (secondary N) is 1. The lowest BCUT2D eigenvalue weighted by Gasteiger charge is -2.32. The second-order valence-corrected chi connectivity index (χ2v) is 4.58. The highest BCUT2D eigenvalue weighted by Gasteiger charge is 2.16. The molecule has 86 valence electrons. The third kappa shape index (κ3) is 4.97. The van der Waals surface area contributed by atoms with Crippen LogP contribution in [0.1, 0.15) is 47.0 Å². The van der Waals surface area contributed by atoms with Gasteiger partial charge in [0.2, 0.25) is 0 Å². The van der Waals surface area contributed by atoms with E-state index in [1.54, 1.807) is 0 Å². The van der Waals surface area contributed by atoms with Gasteiger partial charge >= 0.3 is 0 Å². The van der Waals surface area contributed by atoms with Gasteiger partial charge in [-0.25, -0.2) is 0 Å². The van der Waals surface area contributed by atoms with Crippen molar-refractivity contribution in [3.63, 3.8) is 0 Å². The summed E-state index contributed by atoms with van der Waals surface area (Å²) in [4.78, 5) is 2.50. The van der Waals surface area contributed by atoms with Crippen molar-refractivity contribution in [2.45, 2.75) is 65.1 Å². The Labute approximate surface area is 90.1 Å². The summed E-state index contributed by atoms with van der Waals surface area (Å²) in [5.74, 6) is 0. The summed E-state index contributed by atoms with van der Waals surface area (Å²) >= 11 is 0. The summed E-state index contributed by atoms with van der Waals surface area (Å²) in [6.07, 6.45) is 3.80. The van der Waals surface area contributed by atoms with Crippen molar-refractivity contribution in [3.8, 4) is 0 Å². The van der Waals surface area contributed by atoms with Crippen LogP contribution in [-0.2, 0) is 0 Å². The molecule has 0 aromatic carbocycles. The quantitative estimate of drug-likeness (QED) is 0.679. The molecule has 0 saturated carbocycles. The molecule has 0 radical (unpaired) electrons. The molecule has 0 fully saturated rings. The zero-order chi connectivity index (χ0) is 11.1. The van der Waals surface area contributed by atoms with Crippen molar-refractivity contribution < 1.29 is 0 Å². The maximum Gasteiger partial charge on any atom is 0.00814 e. The summed E-state index contributed by atoms with van der Waals surface area (Å²) in [6, 6.07) is 1.99. The van der Waals surface area contributed by atoms with E-state index in [0.29, 0.717) is 18.1 Å². The fraction of sp³-hybridized carbons (Fsp3) is 1.00. The molecule has 14 heavy (non-hydrogen) atoms. The van der Waals surface area contributed by atoms with Gasteiger partial charge in [0.1, 0.15) is 0 Å². The number of hydrogen-bond donors (Lipinski definition) is 1. The largest absolute Gasteiger partial charge is 0.317 e. The van der Waals surface area contributed by atoms with Crippen LogP contribution < -0.4 is 5.32 Å². The number of nitrogens with zero attached hydrogens (tertiary/aromatic N) is 1. The average Bonchev–Trinajstić information content (AvgIpc) is 2.16. The van der Waals surface area contributed by atoms with Crippen LogP contribution in [0.15, 0.2) is 0 Å². The minimum absolute atomic E-state index is 0.612. The van der Waals surface area contributed by atoms with Gasteiger partial charge in [0.05, 0.1) is 0 Å². The van der Waals surface area contributed by atoms with Crippen molar-refractivity contribution >= 4 is 0 Å². The summed E-state index contributed by atoms with van der Waals surface area (Å²) in [6.45, 7) is 9.14. The molecule has 1 N–H and O–H groups in total. The predicted molar refractivity (Wildman–Crippen MR) is 64.7 cm³/mol. The minimum Gasteiger partial charge on any atom is -0.317 e. The van der Waals surface area contributed by atoms with Crippen molar-refractivity contribution in [1.82, 2.24) is 10.2 Å². The molecule has 0 aliphatic heterocycles. The Hall–Kier alpha value is -0.0800. The first-order valence-electron chi connectivity index (χ1n) is 5.92. The summed E-state index contributed by atoms with van der Waals surface area (Å²) < 4.78 is 0. The standard InChI is InChI=1S/C12H28N2/c1-7-8-11(3)14(6)12(4)9-10(2)13-5/h10-13H,7-9H2,1-6H3. The fourth-order valence-electron chi connectivity index (χ4n) is 1.85. The van der Waals surface area contributed by atoms with Gasteiger partial charge in [0.25, 0.3) is 0 Å². The molecular weight excluding hydrogens is 172 g/mol. The minimum atomic E-state index is 0.612. The van der Waals surface area contributed by atoms with E-state index < -0.39 is 0 Å². The zero-order valence-corrected chi connectivity index (χ0v) is 10.8. The van der Waals surface area contributed by atoms with Gasteiger partial charge in [-0.2, -0.15) is 0 Å². The summed E-state index contributed by atoms with van der Waals surface area (Å²) in [5.41, 5.74) is 0. The molecule has 0 heterocycles. The third-order valence-electron chi connectivity index (χ3n) is 3.28. The topological polar surface area (TPSA) is 15.3 Å². The van der Waals surface area contributed by atoms with Gasteiger partial charge in [-0.1, -0.05) is 13.3 Å². The van der Waals surface area contributed by atoms with Gasteiger partial charge in [0.15, 0.2) is 0 Å². The lowest BCUT2D eigenvalue weighted by atomic mass is 10.1. The second kappa shape index (κ2) is 7.24. The Balaban J connectivity index is 3.90. The Bertz CT molecular complexity index is 136. The van der Waals surface area contributed by atoms with E-state index in [1.807, 2.05) is 7.05 Å². The molecule has 0 aliphatic rings. The molecule has 0 aromatic rings. The highest BCUT2D eigenvalue weighted by atomic mass is 15.1. The molecule has 0 amide bonds. The van der Waals surface area contributed by atoms with Crippen LogP contribution in [0.25, 0.3) is 0 Å². The van der Waals surface area contributed by atoms with E-state index in [0.717, 1.165) is 0 Å². The Kier molecular flexibility index (Phi) is 7.20. The molecule has 0 saturated heterocycles. The van der Waals surface area contributed by atoms with Crippen LogP contribution in [-0.4, -0.2) is 37.1 Å². The first-order chi connectivity index (χ1) is 6.52. The van der Waals surface area contributed by atoms with E-state index in [-0.39, 0.29) is 0 Å². The van der Waals surface area contributed by atoms with Crippen molar-refractivity contribution in [2.75, 3.05) is 14.1 Å². The molecular formula is C12H28N2. The van der Waals surface area contributed by atoms with Gasteiger partial charge in [-0.15, -0.1) is 0 Å². The van der Waals surface area contributed by atoms with Gasteiger partial charge < -0.3 is 10.2 Å². The van der Waals surface area contributed by atoms with Gasteiger partial charge in [-0.05, 0) is 47.7 Å². The first-order valence-corrected chi connectivity index (χ1v) is 5.92. The van der Waals surface area contributed by atoms with Crippen LogP contribution in [0, 0.1) is 0 Å². The number of hydrogen-bond acceptors (Lipinski definition) is 2. The smallest absolute Gasteiger partial charge is 0.00814 e. The Morgan fingerprint density at radius 1 is 1.14 bits per heavy atom. The van der Waals surface area contributed by atoms with E-state index in [4.69, 9.17) is 0 Å². The first kappa shape index (κ1) is 13.9. The SMILES string of the molecule is CCCC(C)N(C)C(C)CC(C)NC. The third-order valence-corrected chi connectivity index (χ3v) is 3.28. The van der Waals surface area contributed by atoms with E-state index >= 15 is 0 Å².